The lowest BCUT2D eigenvalue weighted by Crippen LogP contribution is -2.45. The molecule has 1 saturated heterocycles. The number of amides is 2. The number of hydrogen-bond donors (Lipinski definition) is 1. The molecule has 2 aliphatic rings. The largest absolute Gasteiger partial charge is 0.497 e. The van der Waals surface area contributed by atoms with Crippen molar-refractivity contribution in [2.75, 3.05) is 19.0 Å². The maximum atomic E-state index is 12.8. The monoisotopic (exact) mass is 378 g/mol. The Kier molecular flexibility index (Phi) is 4.84. The maximum absolute atomic E-state index is 12.8. The van der Waals surface area contributed by atoms with E-state index in [1.807, 2.05) is 55.5 Å². The number of ether oxygens (including phenoxy) is 1. The summed E-state index contributed by atoms with van der Waals surface area (Å²) in [5.41, 5.74) is 2.62. The summed E-state index contributed by atoms with van der Waals surface area (Å²) in [6.45, 7) is 2.68. The van der Waals surface area contributed by atoms with Crippen molar-refractivity contribution in [1.82, 2.24) is 4.90 Å². The van der Waals surface area contributed by atoms with Crippen LogP contribution in [0.3, 0.4) is 0 Å². The Balaban J connectivity index is 1.43. The smallest absolute Gasteiger partial charge is 0.247 e. The molecule has 5 nitrogen and oxygen atoms in total. The molecule has 28 heavy (non-hydrogen) atoms. The first-order valence-corrected chi connectivity index (χ1v) is 9.87. The van der Waals surface area contributed by atoms with E-state index in [1.165, 1.54) is 0 Å². The van der Waals surface area contributed by atoms with Crippen molar-refractivity contribution < 1.29 is 14.3 Å². The van der Waals surface area contributed by atoms with Crippen LogP contribution in [-0.4, -0.2) is 36.4 Å². The molecule has 146 valence electrons. The zero-order valence-electron chi connectivity index (χ0n) is 16.4. The summed E-state index contributed by atoms with van der Waals surface area (Å²) < 4.78 is 5.28. The lowest BCUT2D eigenvalue weighted by molar-refractivity contribution is -0.140. The second-order valence-corrected chi connectivity index (χ2v) is 8.02. The lowest BCUT2D eigenvalue weighted by atomic mass is 10.0. The van der Waals surface area contributed by atoms with Crippen molar-refractivity contribution in [2.24, 2.45) is 5.41 Å². The van der Waals surface area contributed by atoms with Crippen LogP contribution in [0.25, 0.3) is 11.1 Å². The Morgan fingerprint density at radius 3 is 2.54 bits per heavy atom. The van der Waals surface area contributed by atoms with Gasteiger partial charge in [-0.15, -0.1) is 0 Å². The van der Waals surface area contributed by atoms with Crippen LogP contribution in [0.2, 0.25) is 0 Å². The predicted molar refractivity (Wildman–Crippen MR) is 109 cm³/mol. The van der Waals surface area contributed by atoms with Gasteiger partial charge in [0.1, 0.15) is 11.8 Å². The van der Waals surface area contributed by atoms with Gasteiger partial charge in [-0.1, -0.05) is 31.2 Å². The number of rotatable bonds is 5. The maximum Gasteiger partial charge on any atom is 0.247 e. The molecule has 1 aliphatic heterocycles. The number of nitrogens with one attached hydrogen (secondary N) is 1. The van der Waals surface area contributed by atoms with Gasteiger partial charge in [-0.3, -0.25) is 9.59 Å². The summed E-state index contributed by atoms with van der Waals surface area (Å²) in [4.78, 5) is 27.3. The normalized spacial score (nSPS) is 19.9. The van der Waals surface area contributed by atoms with Gasteiger partial charge in [0.2, 0.25) is 11.8 Å². The molecule has 5 heteroatoms. The van der Waals surface area contributed by atoms with Crippen molar-refractivity contribution in [3.63, 3.8) is 0 Å². The van der Waals surface area contributed by atoms with Crippen molar-refractivity contribution in [3.8, 4) is 16.9 Å². The topological polar surface area (TPSA) is 58.6 Å². The fourth-order valence-corrected chi connectivity index (χ4v) is 3.80. The Hall–Kier alpha value is -2.82. The number of hydrogen-bond acceptors (Lipinski definition) is 3. The van der Waals surface area contributed by atoms with Crippen molar-refractivity contribution in [1.29, 1.82) is 0 Å². The second kappa shape index (κ2) is 7.30. The zero-order valence-corrected chi connectivity index (χ0v) is 16.4. The molecule has 0 aromatic heterocycles. The summed E-state index contributed by atoms with van der Waals surface area (Å²) in [5, 5.41) is 2.98. The number of carbonyl (C=O) groups is 2. The summed E-state index contributed by atoms with van der Waals surface area (Å²) in [7, 11) is 1.65. The quantitative estimate of drug-likeness (QED) is 0.852. The number of methoxy groups -OCH3 is 1. The van der Waals surface area contributed by atoms with Crippen LogP contribution in [0, 0.1) is 5.41 Å². The SMILES string of the molecule is COc1cccc(-c2ccc(NC(=O)C3CCCN3C(=O)C3(C)CC3)cc2)c1. The molecule has 1 heterocycles. The first-order chi connectivity index (χ1) is 13.5. The van der Waals surface area contributed by atoms with Crippen molar-refractivity contribution >= 4 is 17.5 Å². The highest BCUT2D eigenvalue weighted by atomic mass is 16.5. The number of anilines is 1. The Labute approximate surface area is 165 Å². The summed E-state index contributed by atoms with van der Waals surface area (Å²) in [6.07, 6.45) is 3.48. The van der Waals surface area contributed by atoms with Crippen molar-refractivity contribution in [2.45, 2.75) is 38.6 Å². The van der Waals surface area contributed by atoms with Crippen LogP contribution in [0.15, 0.2) is 48.5 Å². The van der Waals surface area contributed by atoms with Crippen LogP contribution < -0.4 is 10.1 Å². The molecule has 2 fully saturated rings. The van der Waals surface area contributed by atoms with E-state index in [0.717, 1.165) is 48.2 Å². The molecule has 1 saturated carbocycles. The van der Waals surface area contributed by atoms with Gasteiger partial charge < -0.3 is 15.0 Å². The molecule has 1 N–H and O–H groups in total. The molecule has 1 aliphatic carbocycles. The summed E-state index contributed by atoms with van der Waals surface area (Å²) in [5.74, 6) is 0.855. The lowest BCUT2D eigenvalue weighted by Gasteiger charge is -2.26. The average molecular weight is 378 g/mol. The Morgan fingerprint density at radius 1 is 1.11 bits per heavy atom. The van der Waals surface area contributed by atoms with E-state index < -0.39 is 0 Å². The molecule has 2 amide bonds. The van der Waals surface area contributed by atoms with Crippen molar-refractivity contribution in [3.05, 3.63) is 48.5 Å². The van der Waals surface area contributed by atoms with Crippen LogP contribution in [-0.2, 0) is 9.59 Å². The third kappa shape index (κ3) is 3.61. The minimum atomic E-state index is -0.358. The molecule has 4 rings (SSSR count). The van der Waals surface area contributed by atoms with Crippen LogP contribution in [0.4, 0.5) is 5.69 Å². The minimum Gasteiger partial charge on any atom is -0.497 e. The first-order valence-electron chi connectivity index (χ1n) is 9.87. The van der Waals surface area contributed by atoms with E-state index in [4.69, 9.17) is 4.74 Å². The Morgan fingerprint density at radius 2 is 1.86 bits per heavy atom. The van der Waals surface area contributed by atoms with Crippen LogP contribution in [0.5, 0.6) is 5.75 Å². The van der Waals surface area contributed by atoms with E-state index in [1.54, 1.807) is 12.0 Å². The highest BCUT2D eigenvalue weighted by Gasteiger charge is 2.50. The van der Waals surface area contributed by atoms with Gasteiger partial charge in [0.15, 0.2) is 0 Å². The first kappa shape index (κ1) is 18.5. The zero-order chi connectivity index (χ0) is 19.7. The molecular formula is C23H26N2O3. The predicted octanol–water partition coefficient (Wildman–Crippen LogP) is 4.09. The third-order valence-electron chi connectivity index (χ3n) is 5.89. The number of benzene rings is 2. The van der Waals surface area contributed by atoms with Gasteiger partial charge in [0.25, 0.3) is 0 Å². The Bertz CT molecular complexity index is 887. The van der Waals surface area contributed by atoms with E-state index in [2.05, 4.69) is 5.32 Å². The standard InChI is InChI=1S/C23H26N2O3/c1-23(12-13-23)22(27)25-14-4-7-20(25)21(26)24-18-10-8-16(9-11-18)17-5-3-6-19(15-17)28-2/h3,5-6,8-11,15,20H,4,7,12-14H2,1-2H3,(H,24,26). The van der Waals surface area contributed by atoms with Gasteiger partial charge in [0, 0.05) is 17.6 Å². The summed E-state index contributed by atoms with van der Waals surface area (Å²) >= 11 is 0. The molecule has 0 bridgehead atoms. The number of carbonyl (C=O) groups excluding carboxylic acids is 2. The van der Waals surface area contributed by atoms with Gasteiger partial charge in [0.05, 0.1) is 7.11 Å². The molecule has 0 radical (unpaired) electrons. The molecule has 0 spiro atoms. The highest BCUT2D eigenvalue weighted by Crippen LogP contribution is 2.47. The van der Waals surface area contributed by atoms with Gasteiger partial charge in [-0.05, 0) is 61.1 Å². The van der Waals surface area contributed by atoms with Crippen LogP contribution in [0.1, 0.15) is 32.6 Å². The third-order valence-corrected chi connectivity index (χ3v) is 5.89. The number of nitrogens with zero attached hydrogens (tertiary/aromatic N) is 1. The molecular weight excluding hydrogens is 352 g/mol. The van der Waals surface area contributed by atoms with E-state index >= 15 is 0 Å². The number of likely N-dealkylation sites (tertiary alicyclic amines) is 1. The minimum absolute atomic E-state index is 0.0933. The van der Waals surface area contributed by atoms with Gasteiger partial charge >= 0.3 is 0 Å². The molecule has 2 aromatic carbocycles. The van der Waals surface area contributed by atoms with E-state index in [-0.39, 0.29) is 23.3 Å². The molecule has 1 unspecified atom stereocenters. The fraction of sp³-hybridized carbons (Fsp3) is 0.391. The summed E-state index contributed by atoms with van der Waals surface area (Å²) in [6, 6.07) is 15.3. The van der Waals surface area contributed by atoms with E-state index in [0.29, 0.717) is 6.54 Å². The molecule has 1 atom stereocenters. The highest BCUT2D eigenvalue weighted by molar-refractivity contribution is 5.98. The second-order valence-electron chi connectivity index (χ2n) is 8.02. The molecule has 2 aromatic rings. The van der Waals surface area contributed by atoms with E-state index in [9.17, 15) is 9.59 Å². The fourth-order valence-electron chi connectivity index (χ4n) is 3.80. The average Bonchev–Trinajstić information content (AvgIpc) is 3.28. The van der Waals surface area contributed by atoms with Gasteiger partial charge in [-0.2, -0.15) is 0 Å². The van der Waals surface area contributed by atoms with Crippen LogP contribution >= 0.6 is 0 Å². The van der Waals surface area contributed by atoms with Gasteiger partial charge in [-0.25, -0.2) is 0 Å².